The van der Waals surface area contributed by atoms with Gasteiger partial charge in [0.05, 0.1) is 24.4 Å². The Hall–Kier alpha value is -2.45. The third kappa shape index (κ3) is 5.55. The lowest BCUT2D eigenvalue weighted by atomic mass is 9.91. The Kier molecular flexibility index (Phi) is 7.59. The molecule has 6 nitrogen and oxygen atoms in total. The smallest absolute Gasteiger partial charge is 0.119 e. The minimum Gasteiger partial charge on any atom is -0.491 e. The van der Waals surface area contributed by atoms with Crippen molar-refractivity contribution in [2.24, 2.45) is 0 Å². The fourth-order valence-electron chi connectivity index (χ4n) is 5.28. The average Bonchev–Trinajstić information content (AvgIpc) is 3.16. The van der Waals surface area contributed by atoms with E-state index in [1.165, 1.54) is 11.1 Å². The Morgan fingerprint density at radius 3 is 2.54 bits per heavy atom. The fraction of sp³-hybridized carbons (Fsp3) is 0.400. The second kappa shape index (κ2) is 10.7. The molecule has 3 aromatic rings. The number of hydrogen-bond acceptors (Lipinski definition) is 6. The Labute approximate surface area is 222 Å². The molecule has 3 N–H and O–H groups in total. The van der Waals surface area contributed by atoms with E-state index in [9.17, 15) is 15.3 Å². The summed E-state index contributed by atoms with van der Waals surface area (Å²) in [7, 11) is 0. The van der Waals surface area contributed by atoms with Crippen LogP contribution in [0.4, 0.5) is 0 Å². The molecule has 196 valence electrons. The van der Waals surface area contributed by atoms with Gasteiger partial charge < -0.3 is 29.5 Å². The Balaban J connectivity index is 1.25. The van der Waals surface area contributed by atoms with Gasteiger partial charge in [0.1, 0.15) is 30.7 Å². The molecule has 5 rings (SSSR count). The van der Waals surface area contributed by atoms with Crippen molar-refractivity contribution in [1.82, 2.24) is 0 Å². The first kappa shape index (κ1) is 26.2. The first-order valence-electron chi connectivity index (χ1n) is 12.6. The lowest BCUT2D eigenvalue weighted by Crippen LogP contribution is -2.44. The van der Waals surface area contributed by atoms with Crippen LogP contribution in [0.2, 0.25) is 5.02 Å². The van der Waals surface area contributed by atoms with E-state index in [-0.39, 0.29) is 24.7 Å². The van der Waals surface area contributed by atoms with Crippen molar-refractivity contribution in [3.63, 3.8) is 0 Å². The second-order valence-corrected chi connectivity index (χ2v) is 10.7. The van der Waals surface area contributed by atoms with E-state index in [1.807, 2.05) is 42.5 Å². The third-order valence-corrected chi connectivity index (χ3v) is 7.63. The van der Waals surface area contributed by atoms with Gasteiger partial charge in [-0.15, -0.1) is 0 Å². The van der Waals surface area contributed by atoms with E-state index < -0.39 is 24.4 Å². The molecule has 2 aliphatic rings. The molecule has 2 aliphatic heterocycles. The van der Waals surface area contributed by atoms with Crippen LogP contribution in [0.1, 0.15) is 60.3 Å². The maximum atomic E-state index is 10.5. The van der Waals surface area contributed by atoms with Gasteiger partial charge in [0.2, 0.25) is 0 Å². The molecule has 7 heteroatoms. The van der Waals surface area contributed by atoms with E-state index in [0.29, 0.717) is 23.6 Å². The predicted molar refractivity (Wildman–Crippen MR) is 141 cm³/mol. The highest BCUT2D eigenvalue weighted by Crippen LogP contribution is 2.43. The Morgan fingerprint density at radius 1 is 1.03 bits per heavy atom. The third-order valence-electron chi connectivity index (χ3n) is 7.26. The summed E-state index contributed by atoms with van der Waals surface area (Å²) >= 11 is 6.49. The first-order valence-corrected chi connectivity index (χ1v) is 13.0. The largest absolute Gasteiger partial charge is 0.491 e. The second-order valence-electron chi connectivity index (χ2n) is 10.3. The zero-order valence-electron chi connectivity index (χ0n) is 21.0. The van der Waals surface area contributed by atoms with Crippen LogP contribution in [0.25, 0.3) is 0 Å². The topological polar surface area (TPSA) is 88.4 Å². The summed E-state index contributed by atoms with van der Waals surface area (Å²) in [6.07, 6.45) is -2.64. The standard InChI is InChI=1S/C30H33ClO6/c1-30(2)24-6-4-3-5-23(24)27(37-30)17-35-21-10-7-18(8-11-21)13-20-14-19(9-12-25(20)31)29-28(34)26(33)15-22(16-32)36-29/h3-12,14,22,26-29,32-34H,13,15-17H2,1-2H3/t22-,26-,27?,28?,29-/m0/s1. The summed E-state index contributed by atoms with van der Waals surface area (Å²) < 4.78 is 18.2. The molecule has 37 heavy (non-hydrogen) atoms. The van der Waals surface area contributed by atoms with E-state index in [0.717, 1.165) is 16.9 Å². The summed E-state index contributed by atoms with van der Waals surface area (Å²) in [5.41, 5.74) is 4.67. The molecular formula is C30H33ClO6. The molecule has 0 aromatic heterocycles. The maximum absolute atomic E-state index is 10.5. The van der Waals surface area contributed by atoms with Gasteiger partial charge in [0.25, 0.3) is 0 Å². The normalized spacial score (nSPS) is 26.6. The van der Waals surface area contributed by atoms with Crippen molar-refractivity contribution in [3.05, 3.63) is 99.6 Å². The zero-order valence-corrected chi connectivity index (χ0v) is 21.8. The number of ether oxygens (including phenoxy) is 3. The molecule has 3 aromatic carbocycles. The molecule has 0 spiro atoms. The molecule has 0 bridgehead atoms. The van der Waals surface area contributed by atoms with Crippen molar-refractivity contribution in [1.29, 1.82) is 0 Å². The molecule has 1 fully saturated rings. The Bertz CT molecular complexity index is 1230. The highest BCUT2D eigenvalue weighted by molar-refractivity contribution is 6.31. The van der Waals surface area contributed by atoms with Crippen LogP contribution in [0.15, 0.2) is 66.7 Å². The summed E-state index contributed by atoms with van der Waals surface area (Å²) in [4.78, 5) is 0. The lowest BCUT2D eigenvalue weighted by Gasteiger charge is -2.37. The van der Waals surface area contributed by atoms with Crippen LogP contribution in [0, 0.1) is 0 Å². The van der Waals surface area contributed by atoms with Crippen LogP contribution >= 0.6 is 11.6 Å². The maximum Gasteiger partial charge on any atom is 0.119 e. The van der Waals surface area contributed by atoms with Crippen molar-refractivity contribution >= 4 is 11.6 Å². The van der Waals surface area contributed by atoms with Gasteiger partial charge in [-0.25, -0.2) is 0 Å². The number of aliphatic hydroxyl groups is 3. The van der Waals surface area contributed by atoms with E-state index in [4.69, 9.17) is 25.8 Å². The van der Waals surface area contributed by atoms with E-state index in [1.54, 1.807) is 12.1 Å². The van der Waals surface area contributed by atoms with Crippen molar-refractivity contribution in [2.45, 2.75) is 62.8 Å². The number of rotatable bonds is 7. The van der Waals surface area contributed by atoms with Crippen LogP contribution in [0.5, 0.6) is 5.75 Å². The van der Waals surface area contributed by atoms with Crippen LogP contribution in [-0.4, -0.2) is 46.8 Å². The molecule has 2 unspecified atom stereocenters. The van der Waals surface area contributed by atoms with E-state index in [2.05, 4.69) is 26.0 Å². The number of benzene rings is 3. The highest BCUT2D eigenvalue weighted by atomic mass is 35.5. The van der Waals surface area contributed by atoms with Crippen LogP contribution in [0.3, 0.4) is 0 Å². The van der Waals surface area contributed by atoms with Crippen molar-refractivity contribution in [2.75, 3.05) is 13.2 Å². The van der Waals surface area contributed by atoms with E-state index >= 15 is 0 Å². The first-order chi connectivity index (χ1) is 17.7. The van der Waals surface area contributed by atoms with Gasteiger partial charge in [0, 0.05) is 11.4 Å². The predicted octanol–water partition coefficient (Wildman–Crippen LogP) is 4.86. The summed E-state index contributed by atoms with van der Waals surface area (Å²) in [6, 6.07) is 21.6. The highest BCUT2D eigenvalue weighted by Gasteiger charge is 2.38. The number of hydrogen-bond donors (Lipinski definition) is 3. The molecule has 2 heterocycles. The molecule has 0 saturated carbocycles. The SMILES string of the molecule is CC1(C)OC(COc2ccc(Cc3cc([C@@H]4O[C@H](CO)C[C@H](O)C4O)ccc3Cl)cc2)c2ccccc21. The Morgan fingerprint density at radius 2 is 1.78 bits per heavy atom. The van der Waals surface area contributed by atoms with Gasteiger partial charge in [-0.05, 0) is 66.3 Å². The number of halogens is 1. The molecule has 0 amide bonds. The quantitative estimate of drug-likeness (QED) is 0.409. The fourth-order valence-corrected chi connectivity index (χ4v) is 5.47. The van der Waals surface area contributed by atoms with Crippen LogP contribution in [-0.2, 0) is 21.5 Å². The molecule has 5 atom stereocenters. The number of fused-ring (bicyclic) bond motifs is 1. The molecule has 1 saturated heterocycles. The van der Waals surface area contributed by atoms with Gasteiger partial charge in [-0.2, -0.15) is 0 Å². The zero-order chi connectivity index (χ0) is 26.2. The summed E-state index contributed by atoms with van der Waals surface area (Å²) in [5, 5.41) is 30.8. The van der Waals surface area contributed by atoms with Gasteiger partial charge in [0.15, 0.2) is 0 Å². The van der Waals surface area contributed by atoms with Crippen molar-refractivity contribution < 1.29 is 29.5 Å². The van der Waals surface area contributed by atoms with Gasteiger partial charge >= 0.3 is 0 Å². The minimum atomic E-state index is -1.07. The summed E-state index contributed by atoms with van der Waals surface area (Å²) in [6.45, 7) is 4.37. The minimum absolute atomic E-state index is 0.117. The van der Waals surface area contributed by atoms with Crippen LogP contribution < -0.4 is 4.74 Å². The summed E-state index contributed by atoms with van der Waals surface area (Å²) in [5.74, 6) is 0.761. The molecule has 0 radical (unpaired) electrons. The average molecular weight is 525 g/mol. The van der Waals surface area contributed by atoms with Crippen molar-refractivity contribution in [3.8, 4) is 5.75 Å². The monoisotopic (exact) mass is 524 g/mol. The lowest BCUT2D eigenvalue weighted by molar-refractivity contribution is -0.179. The molecular weight excluding hydrogens is 492 g/mol. The molecule has 0 aliphatic carbocycles. The van der Waals surface area contributed by atoms with Gasteiger partial charge in [-0.1, -0.05) is 60.1 Å². The number of aliphatic hydroxyl groups excluding tert-OH is 3. The van der Waals surface area contributed by atoms with Gasteiger partial charge in [-0.3, -0.25) is 0 Å².